The fraction of sp³-hybridized carbons (Fsp3) is 0.650. The lowest BCUT2D eigenvalue weighted by molar-refractivity contribution is -0.126. The van der Waals surface area contributed by atoms with Crippen LogP contribution in [0.3, 0.4) is 0 Å². The van der Waals surface area contributed by atoms with Gasteiger partial charge in [-0.25, -0.2) is 0 Å². The molecule has 0 aromatic heterocycles. The lowest BCUT2D eigenvalue weighted by Crippen LogP contribution is -2.51. The third-order valence-electron chi connectivity index (χ3n) is 5.80. The van der Waals surface area contributed by atoms with E-state index in [0.29, 0.717) is 6.54 Å². The van der Waals surface area contributed by atoms with E-state index in [-0.39, 0.29) is 11.9 Å². The highest BCUT2D eigenvalue weighted by Gasteiger charge is 2.30. The van der Waals surface area contributed by atoms with E-state index in [1.807, 2.05) is 19.1 Å². The molecule has 2 saturated heterocycles. The Bertz CT molecular complexity index is 546. The molecule has 24 heavy (non-hydrogen) atoms. The van der Waals surface area contributed by atoms with Crippen molar-refractivity contribution in [3.63, 3.8) is 0 Å². The number of nitrogens with one attached hydrogen (secondary N) is 1. The third-order valence-corrected chi connectivity index (χ3v) is 5.80. The highest BCUT2D eigenvalue weighted by atomic mass is 16.2. The van der Waals surface area contributed by atoms with Crippen molar-refractivity contribution in [2.45, 2.75) is 58.2 Å². The molecule has 2 aliphatic rings. The topological polar surface area (TPSA) is 35.6 Å². The predicted octanol–water partition coefficient (Wildman–Crippen LogP) is 2.56. The van der Waals surface area contributed by atoms with Gasteiger partial charge in [0, 0.05) is 25.7 Å². The second kappa shape index (κ2) is 8.13. The molecule has 2 heterocycles. The summed E-state index contributed by atoms with van der Waals surface area (Å²) in [7, 11) is 0. The largest absolute Gasteiger partial charge is 0.351 e. The van der Waals surface area contributed by atoms with Gasteiger partial charge in [-0.05, 0) is 63.7 Å². The van der Waals surface area contributed by atoms with E-state index >= 15 is 0 Å². The van der Waals surface area contributed by atoms with E-state index in [2.05, 4.69) is 34.2 Å². The van der Waals surface area contributed by atoms with Crippen molar-refractivity contribution in [2.75, 3.05) is 26.2 Å². The number of piperidine rings is 1. The van der Waals surface area contributed by atoms with Gasteiger partial charge in [0.15, 0.2) is 0 Å². The average Bonchev–Trinajstić information content (AvgIpc) is 3.15. The molecule has 0 aliphatic carbocycles. The summed E-state index contributed by atoms with van der Waals surface area (Å²) in [6.07, 6.45) is 5.13. The van der Waals surface area contributed by atoms with Crippen molar-refractivity contribution < 1.29 is 4.79 Å². The molecule has 4 nitrogen and oxygen atoms in total. The smallest absolute Gasteiger partial charge is 0.237 e. The Morgan fingerprint density at radius 1 is 1.17 bits per heavy atom. The minimum absolute atomic E-state index is 0.0338. The molecule has 0 radical (unpaired) electrons. The summed E-state index contributed by atoms with van der Waals surface area (Å²) < 4.78 is 0. The average molecular weight is 329 g/mol. The lowest BCUT2D eigenvalue weighted by atomic mass is 10.0. The van der Waals surface area contributed by atoms with Crippen molar-refractivity contribution in [3.05, 3.63) is 35.4 Å². The van der Waals surface area contributed by atoms with Crippen LogP contribution in [0.15, 0.2) is 24.3 Å². The second-order valence-electron chi connectivity index (χ2n) is 7.33. The summed E-state index contributed by atoms with van der Waals surface area (Å²) in [6.45, 7) is 9.39. The zero-order valence-electron chi connectivity index (χ0n) is 15.1. The molecule has 1 aromatic carbocycles. The number of rotatable bonds is 5. The number of hydrogen-bond donors (Lipinski definition) is 1. The van der Waals surface area contributed by atoms with Crippen LogP contribution in [0.25, 0.3) is 0 Å². The van der Waals surface area contributed by atoms with Crippen LogP contribution in [0.4, 0.5) is 0 Å². The van der Waals surface area contributed by atoms with Gasteiger partial charge in [0.25, 0.3) is 0 Å². The zero-order valence-corrected chi connectivity index (χ0v) is 15.1. The SMILES string of the molecule is Cc1ccccc1CNC(=O)C(C)N1CCC(N2CCCC2)CC1. The van der Waals surface area contributed by atoms with E-state index in [0.717, 1.165) is 19.1 Å². The van der Waals surface area contributed by atoms with E-state index in [1.165, 1.54) is 49.9 Å². The number of nitrogens with zero attached hydrogens (tertiary/aromatic N) is 2. The first-order valence-electron chi connectivity index (χ1n) is 9.45. The molecule has 0 spiro atoms. The van der Waals surface area contributed by atoms with Crippen LogP contribution in [0, 0.1) is 6.92 Å². The Morgan fingerprint density at radius 2 is 1.83 bits per heavy atom. The minimum Gasteiger partial charge on any atom is -0.351 e. The molecule has 3 rings (SSSR count). The number of benzene rings is 1. The molecule has 2 aliphatic heterocycles. The summed E-state index contributed by atoms with van der Waals surface area (Å²) in [5.41, 5.74) is 2.43. The van der Waals surface area contributed by atoms with Gasteiger partial charge in [-0.3, -0.25) is 9.69 Å². The van der Waals surface area contributed by atoms with Crippen LogP contribution in [0.5, 0.6) is 0 Å². The molecule has 132 valence electrons. The fourth-order valence-corrected chi connectivity index (χ4v) is 4.05. The maximum atomic E-state index is 12.5. The molecule has 0 bridgehead atoms. The summed E-state index contributed by atoms with van der Waals surface area (Å²) in [5.74, 6) is 0.151. The van der Waals surface area contributed by atoms with Crippen molar-refractivity contribution in [3.8, 4) is 0 Å². The Balaban J connectivity index is 1.45. The molecular formula is C20H31N3O. The number of carbonyl (C=O) groups is 1. The summed E-state index contributed by atoms with van der Waals surface area (Å²) in [5, 5.41) is 3.11. The number of likely N-dealkylation sites (tertiary alicyclic amines) is 2. The van der Waals surface area contributed by atoms with Gasteiger partial charge in [-0.1, -0.05) is 24.3 Å². The van der Waals surface area contributed by atoms with E-state index in [9.17, 15) is 4.79 Å². The first-order valence-corrected chi connectivity index (χ1v) is 9.45. The molecule has 4 heteroatoms. The van der Waals surface area contributed by atoms with Gasteiger partial charge >= 0.3 is 0 Å². The molecule has 1 N–H and O–H groups in total. The van der Waals surface area contributed by atoms with Crippen molar-refractivity contribution in [2.24, 2.45) is 0 Å². The van der Waals surface area contributed by atoms with Crippen LogP contribution >= 0.6 is 0 Å². The standard InChI is InChI=1S/C20H31N3O/c1-16-7-3-4-8-18(16)15-21-20(24)17(2)22-13-9-19(10-14-22)23-11-5-6-12-23/h3-4,7-8,17,19H,5-6,9-15H2,1-2H3,(H,21,24). The predicted molar refractivity (Wildman–Crippen MR) is 97.9 cm³/mol. The van der Waals surface area contributed by atoms with Crippen LogP contribution in [0.2, 0.25) is 0 Å². The molecule has 1 atom stereocenters. The minimum atomic E-state index is -0.0338. The van der Waals surface area contributed by atoms with Crippen molar-refractivity contribution in [1.82, 2.24) is 15.1 Å². The summed E-state index contributed by atoms with van der Waals surface area (Å²) in [4.78, 5) is 17.5. The molecular weight excluding hydrogens is 298 g/mol. The van der Waals surface area contributed by atoms with Gasteiger partial charge in [0.2, 0.25) is 5.91 Å². The van der Waals surface area contributed by atoms with Gasteiger partial charge in [-0.2, -0.15) is 0 Å². The Morgan fingerprint density at radius 3 is 2.50 bits per heavy atom. The van der Waals surface area contributed by atoms with Crippen LogP contribution in [0.1, 0.15) is 43.7 Å². The van der Waals surface area contributed by atoms with Gasteiger partial charge in [-0.15, -0.1) is 0 Å². The molecule has 1 amide bonds. The molecule has 1 aromatic rings. The first-order chi connectivity index (χ1) is 11.6. The van der Waals surface area contributed by atoms with Crippen molar-refractivity contribution >= 4 is 5.91 Å². The van der Waals surface area contributed by atoms with E-state index in [1.54, 1.807) is 0 Å². The molecule has 2 fully saturated rings. The Kier molecular flexibility index (Phi) is 5.90. The molecule has 1 unspecified atom stereocenters. The monoisotopic (exact) mass is 329 g/mol. The highest BCUT2D eigenvalue weighted by molar-refractivity contribution is 5.81. The van der Waals surface area contributed by atoms with Crippen LogP contribution < -0.4 is 5.32 Å². The number of amides is 1. The first kappa shape index (κ1) is 17.4. The van der Waals surface area contributed by atoms with Gasteiger partial charge in [0.1, 0.15) is 0 Å². The van der Waals surface area contributed by atoms with Crippen LogP contribution in [-0.4, -0.2) is 54.0 Å². The highest BCUT2D eigenvalue weighted by Crippen LogP contribution is 2.22. The quantitative estimate of drug-likeness (QED) is 0.902. The lowest BCUT2D eigenvalue weighted by Gasteiger charge is -2.38. The maximum Gasteiger partial charge on any atom is 0.237 e. The summed E-state index contributed by atoms with van der Waals surface area (Å²) in [6, 6.07) is 8.95. The maximum absolute atomic E-state index is 12.5. The summed E-state index contributed by atoms with van der Waals surface area (Å²) >= 11 is 0. The normalized spacial score (nSPS) is 21.8. The Labute approximate surface area is 146 Å². The number of carbonyl (C=O) groups excluding carboxylic acids is 1. The Hall–Kier alpha value is -1.39. The van der Waals surface area contributed by atoms with Crippen LogP contribution in [-0.2, 0) is 11.3 Å². The van der Waals surface area contributed by atoms with E-state index < -0.39 is 0 Å². The zero-order chi connectivity index (χ0) is 16.9. The van der Waals surface area contributed by atoms with E-state index in [4.69, 9.17) is 0 Å². The van der Waals surface area contributed by atoms with Crippen molar-refractivity contribution in [1.29, 1.82) is 0 Å². The van der Waals surface area contributed by atoms with Gasteiger partial charge < -0.3 is 10.2 Å². The second-order valence-corrected chi connectivity index (χ2v) is 7.33. The number of hydrogen-bond acceptors (Lipinski definition) is 3. The fourth-order valence-electron chi connectivity index (χ4n) is 4.05. The third kappa shape index (κ3) is 4.17. The van der Waals surface area contributed by atoms with Gasteiger partial charge in [0.05, 0.1) is 6.04 Å². The number of aryl methyl sites for hydroxylation is 1. The molecule has 0 saturated carbocycles.